The third kappa shape index (κ3) is 3.60. The number of hydrogen-bond donors (Lipinski definition) is 2. The number of amides is 1. The molecule has 0 aliphatic heterocycles. The molecule has 3 aromatic rings. The zero-order valence-electron chi connectivity index (χ0n) is 13.2. The first-order chi connectivity index (χ1) is 11.7. The van der Waals surface area contributed by atoms with E-state index in [1.165, 1.54) is 7.11 Å². The van der Waals surface area contributed by atoms with Gasteiger partial charge in [-0.25, -0.2) is 4.98 Å². The standard InChI is InChI=1S/C18H17N3O3/c1-24-17(23)11-10-16(22)19-13-8-6-12(7-9-13)18-20-14-4-2-3-5-15(14)21-18/h2-9H,10-11H2,1H3,(H,19,22)(H,20,21). The van der Waals surface area contributed by atoms with Crippen LogP contribution in [0.1, 0.15) is 12.8 Å². The van der Waals surface area contributed by atoms with Crippen molar-refractivity contribution in [1.82, 2.24) is 9.97 Å². The van der Waals surface area contributed by atoms with E-state index >= 15 is 0 Å². The van der Waals surface area contributed by atoms with E-state index in [4.69, 9.17) is 0 Å². The Bertz CT molecular complexity index is 836. The van der Waals surface area contributed by atoms with Gasteiger partial charge in [0.25, 0.3) is 0 Å². The van der Waals surface area contributed by atoms with Crippen LogP contribution in [0, 0.1) is 0 Å². The van der Waals surface area contributed by atoms with Gasteiger partial charge in [0.15, 0.2) is 0 Å². The molecule has 0 saturated carbocycles. The number of anilines is 1. The lowest BCUT2D eigenvalue weighted by molar-refractivity contribution is -0.141. The highest BCUT2D eigenvalue weighted by Crippen LogP contribution is 2.22. The molecule has 24 heavy (non-hydrogen) atoms. The number of para-hydroxylation sites is 2. The van der Waals surface area contributed by atoms with E-state index in [2.05, 4.69) is 20.0 Å². The Balaban J connectivity index is 1.67. The summed E-state index contributed by atoms with van der Waals surface area (Å²) >= 11 is 0. The number of nitrogens with zero attached hydrogens (tertiary/aromatic N) is 1. The van der Waals surface area contributed by atoms with Crippen LogP contribution in [-0.2, 0) is 14.3 Å². The Labute approximate surface area is 138 Å². The number of aromatic nitrogens is 2. The van der Waals surface area contributed by atoms with Gasteiger partial charge in [-0.05, 0) is 36.4 Å². The molecule has 0 radical (unpaired) electrons. The third-order valence-electron chi connectivity index (χ3n) is 3.62. The topological polar surface area (TPSA) is 84.1 Å². The second kappa shape index (κ2) is 6.95. The zero-order valence-corrected chi connectivity index (χ0v) is 13.2. The molecule has 0 unspecified atom stereocenters. The Hall–Kier alpha value is -3.15. The maximum absolute atomic E-state index is 11.8. The van der Waals surface area contributed by atoms with Crippen molar-refractivity contribution in [2.45, 2.75) is 12.8 Å². The molecule has 0 spiro atoms. The van der Waals surface area contributed by atoms with Crippen LogP contribution < -0.4 is 5.32 Å². The van der Waals surface area contributed by atoms with Crippen LogP contribution in [0.4, 0.5) is 5.69 Å². The average molecular weight is 323 g/mol. The van der Waals surface area contributed by atoms with Gasteiger partial charge < -0.3 is 15.0 Å². The number of H-pyrrole nitrogens is 1. The van der Waals surface area contributed by atoms with E-state index in [0.717, 1.165) is 22.4 Å². The summed E-state index contributed by atoms with van der Waals surface area (Å²) in [5, 5.41) is 2.75. The number of rotatable bonds is 5. The highest BCUT2D eigenvalue weighted by atomic mass is 16.5. The van der Waals surface area contributed by atoms with Crippen molar-refractivity contribution < 1.29 is 14.3 Å². The molecule has 0 saturated heterocycles. The van der Waals surface area contributed by atoms with Crippen LogP contribution in [0.5, 0.6) is 0 Å². The van der Waals surface area contributed by atoms with E-state index in [0.29, 0.717) is 5.69 Å². The number of esters is 1. The number of ether oxygens (including phenoxy) is 1. The number of benzene rings is 2. The number of nitrogens with one attached hydrogen (secondary N) is 2. The first-order valence-electron chi connectivity index (χ1n) is 7.57. The number of carbonyl (C=O) groups excluding carboxylic acids is 2. The van der Waals surface area contributed by atoms with E-state index in [1.807, 2.05) is 36.4 Å². The zero-order chi connectivity index (χ0) is 16.9. The lowest BCUT2D eigenvalue weighted by atomic mass is 10.2. The number of fused-ring (bicyclic) bond motifs is 1. The molecule has 2 N–H and O–H groups in total. The number of methoxy groups -OCH3 is 1. The maximum Gasteiger partial charge on any atom is 0.306 e. The summed E-state index contributed by atoms with van der Waals surface area (Å²) in [5.74, 6) is 0.155. The minimum Gasteiger partial charge on any atom is -0.469 e. The highest BCUT2D eigenvalue weighted by molar-refractivity contribution is 5.92. The molecule has 0 fully saturated rings. The fourth-order valence-electron chi connectivity index (χ4n) is 2.34. The van der Waals surface area contributed by atoms with Crippen LogP contribution >= 0.6 is 0 Å². The number of carbonyl (C=O) groups is 2. The molecular formula is C18H17N3O3. The molecule has 0 aliphatic carbocycles. The quantitative estimate of drug-likeness (QED) is 0.707. The van der Waals surface area contributed by atoms with Crippen molar-refractivity contribution in [3.05, 3.63) is 48.5 Å². The lowest BCUT2D eigenvalue weighted by Gasteiger charge is -2.05. The smallest absolute Gasteiger partial charge is 0.306 e. The molecule has 1 amide bonds. The molecule has 122 valence electrons. The van der Waals surface area contributed by atoms with Gasteiger partial charge in [0, 0.05) is 17.7 Å². The van der Waals surface area contributed by atoms with Gasteiger partial charge in [-0.2, -0.15) is 0 Å². The van der Waals surface area contributed by atoms with Gasteiger partial charge in [-0.15, -0.1) is 0 Å². The Morgan fingerprint density at radius 1 is 1.08 bits per heavy atom. The predicted octanol–water partition coefficient (Wildman–Crippen LogP) is 3.12. The normalized spacial score (nSPS) is 10.5. The molecule has 3 rings (SSSR count). The van der Waals surface area contributed by atoms with E-state index in [1.54, 1.807) is 12.1 Å². The minimum atomic E-state index is -0.398. The van der Waals surface area contributed by atoms with Crippen LogP contribution in [-0.4, -0.2) is 29.0 Å². The lowest BCUT2D eigenvalue weighted by Crippen LogP contribution is -2.13. The summed E-state index contributed by atoms with van der Waals surface area (Å²) in [6.07, 6.45) is 0.164. The molecule has 1 aromatic heterocycles. The van der Waals surface area contributed by atoms with E-state index in [9.17, 15) is 9.59 Å². The molecule has 0 atom stereocenters. The number of aromatic amines is 1. The summed E-state index contributed by atoms with van der Waals surface area (Å²) in [6.45, 7) is 0. The van der Waals surface area contributed by atoms with Crippen molar-refractivity contribution in [1.29, 1.82) is 0 Å². The predicted molar refractivity (Wildman–Crippen MR) is 91.4 cm³/mol. The van der Waals surface area contributed by atoms with Gasteiger partial charge >= 0.3 is 5.97 Å². The van der Waals surface area contributed by atoms with Gasteiger partial charge in [0.1, 0.15) is 5.82 Å². The first-order valence-corrected chi connectivity index (χ1v) is 7.57. The van der Waals surface area contributed by atoms with Crippen LogP contribution in [0.25, 0.3) is 22.4 Å². The SMILES string of the molecule is COC(=O)CCC(=O)Nc1ccc(-c2nc3ccccc3[nH]2)cc1. The van der Waals surface area contributed by atoms with Crippen molar-refractivity contribution in [3.63, 3.8) is 0 Å². The second-order valence-electron chi connectivity index (χ2n) is 5.30. The molecule has 6 nitrogen and oxygen atoms in total. The van der Waals surface area contributed by atoms with E-state index in [-0.39, 0.29) is 18.7 Å². The fraction of sp³-hybridized carbons (Fsp3) is 0.167. The fourth-order valence-corrected chi connectivity index (χ4v) is 2.34. The highest BCUT2D eigenvalue weighted by Gasteiger charge is 2.08. The monoisotopic (exact) mass is 323 g/mol. The molecule has 2 aromatic carbocycles. The van der Waals surface area contributed by atoms with Gasteiger partial charge in [0.2, 0.25) is 5.91 Å². The molecule has 6 heteroatoms. The number of imidazole rings is 1. The summed E-state index contributed by atoms with van der Waals surface area (Å²) in [7, 11) is 1.30. The van der Waals surface area contributed by atoms with Crippen molar-refractivity contribution >= 4 is 28.6 Å². The molecular weight excluding hydrogens is 306 g/mol. The molecule has 0 bridgehead atoms. The van der Waals surface area contributed by atoms with Gasteiger partial charge in [-0.1, -0.05) is 12.1 Å². The van der Waals surface area contributed by atoms with Crippen molar-refractivity contribution in [2.75, 3.05) is 12.4 Å². The first kappa shape index (κ1) is 15.7. The van der Waals surface area contributed by atoms with Crippen LogP contribution in [0.3, 0.4) is 0 Å². The molecule has 0 aliphatic rings. The van der Waals surface area contributed by atoms with Crippen molar-refractivity contribution in [3.8, 4) is 11.4 Å². The summed E-state index contributed by atoms with van der Waals surface area (Å²) < 4.78 is 4.51. The Morgan fingerprint density at radius 3 is 2.54 bits per heavy atom. The van der Waals surface area contributed by atoms with E-state index < -0.39 is 5.97 Å². The maximum atomic E-state index is 11.8. The van der Waals surface area contributed by atoms with Crippen LogP contribution in [0.2, 0.25) is 0 Å². The van der Waals surface area contributed by atoms with Crippen LogP contribution in [0.15, 0.2) is 48.5 Å². The summed E-state index contributed by atoms with van der Waals surface area (Å²) in [4.78, 5) is 30.6. The number of hydrogen-bond acceptors (Lipinski definition) is 4. The summed E-state index contributed by atoms with van der Waals surface area (Å²) in [5.41, 5.74) is 3.49. The van der Waals surface area contributed by atoms with Gasteiger partial charge in [-0.3, -0.25) is 9.59 Å². The third-order valence-corrected chi connectivity index (χ3v) is 3.62. The Kier molecular flexibility index (Phi) is 4.56. The summed E-state index contributed by atoms with van der Waals surface area (Å²) in [6, 6.07) is 15.2. The van der Waals surface area contributed by atoms with Gasteiger partial charge in [0.05, 0.1) is 24.6 Å². The second-order valence-corrected chi connectivity index (χ2v) is 5.30. The largest absolute Gasteiger partial charge is 0.469 e. The Morgan fingerprint density at radius 2 is 1.83 bits per heavy atom. The minimum absolute atomic E-state index is 0.0689. The molecule has 1 heterocycles. The average Bonchev–Trinajstić information content (AvgIpc) is 3.04. The van der Waals surface area contributed by atoms with Crippen molar-refractivity contribution in [2.24, 2.45) is 0 Å².